The number of carbonyl (C=O) groups excluding carboxylic acids is 2. The highest BCUT2D eigenvalue weighted by Crippen LogP contribution is 2.32. The molecule has 142 valence electrons. The lowest BCUT2D eigenvalue weighted by atomic mass is 9.81. The van der Waals surface area contributed by atoms with E-state index in [2.05, 4.69) is 10.3 Å². The van der Waals surface area contributed by atoms with Crippen molar-refractivity contribution < 1.29 is 14.3 Å². The molecule has 1 aromatic rings. The van der Waals surface area contributed by atoms with Gasteiger partial charge in [-0.05, 0) is 26.2 Å². The normalized spacial score (nSPS) is 25.5. The van der Waals surface area contributed by atoms with E-state index in [9.17, 15) is 19.2 Å². The van der Waals surface area contributed by atoms with E-state index in [1.165, 1.54) is 10.8 Å². The molecule has 0 radical (unpaired) electrons. The van der Waals surface area contributed by atoms with E-state index in [1.54, 1.807) is 18.9 Å². The van der Waals surface area contributed by atoms with Crippen LogP contribution in [0.25, 0.3) is 0 Å². The van der Waals surface area contributed by atoms with E-state index in [1.807, 2.05) is 0 Å². The summed E-state index contributed by atoms with van der Waals surface area (Å²) in [5, 5.41) is 2.67. The van der Waals surface area contributed by atoms with Crippen molar-refractivity contribution in [3.05, 3.63) is 32.6 Å². The summed E-state index contributed by atoms with van der Waals surface area (Å²) >= 11 is 0. The van der Waals surface area contributed by atoms with Crippen LogP contribution in [-0.4, -0.2) is 58.6 Å². The Balaban J connectivity index is 1.77. The van der Waals surface area contributed by atoms with Crippen LogP contribution in [0.15, 0.2) is 15.8 Å². The number of aryl methyl sites for hydroxylation is 1. The summed E-state index contributed by atoms with van der Waals surface area (Å²) < 4.78 is 7.00. The number of morpholine rings is 1. The predicted octanol–water partition coefficient (Wildman–Crippen LogP) is -1.01. The van der Waals surface area contributed by atoms with Gasteiger partial charge < -0.3 is 15.0 Å². The van der Waals surface area contributed by atoms with Crippen molar-refractivity contribution >= 4 is 11.8 Å². The Kier molecular flexibility index (Phi) is 5.26. The Hall–Kier alpha value is -2.42. The summed E-state index contributed by atoms with van der Waals surface area (Å²) in [5.74, 6) is -0.375. The highest BCUT2D eigenvalue weighted by atomic mass is 16.5. The minimum absolute atomic E-state index is 0.0195. The van der Waals surface area contributed by atoms with E-state index >= 15 is 0 Å². The second kappa shape index (κ2) is 7.45. The molecular weight excluding hydrogens is 340 g/mol. The lowest BCUT2D eigenvalue weighted by molar-refractivity contribution is -0.154. The molecule has 2 amide bonds. The molecule has 1 aliphatic heterocycles. The molecule has 1 aromatic heterocycles. The first-order valence-electron chi connectivity index (χ1n) is 8.83. The fourth-order valence-electron chi connectivity index (χ4n) is 3.83. The molecule has 1 saturated heterocycles. The second-order valence-corrected chi connectivity index (χ2v) is 6.89. The number of aromatic amines is 1. The van der Waals surface area contributed by atoms with Crippen LogP contribution in [0.4, 0.5) is 0 Å². The monoisotopic (exact) mass is 364 g/mol. The molecule has 2 aliphatic rings. The van der Waals surface area contributed by atoms with Crippen LogP contribution >= 0.6 is 0 Å². The van der Waals surface area contributed by atoms with Gasteiger partial charge in [0.15, 0.2) is 0 Å². The van der Waals surface area contributed by atoms with Gasteiger partial charge in [0.25, 0.3) is 5.56 Å². The van der Waals surface area contributed by atoms with E-state index in [0.29, 0.717) is 25.1 Å². The summed E-state index contributed by atoms with van der Waals surface area (Å²) in [5.41, 5.74) is -0.689. The zero-order valence-corrected chi connectivity index (χ0v) is 15.0. The molecule has 9 nitrogen and oxygen atoms in total. The molecule has 2 fully saturated rings. The number of hydrogen-bond donors (Lipinski definition) is 2. The minimum Gasteiger partial charge on any atom is -0.374 e. The van der Waals surface area contributed by atoms with Gasteiger partial charge >= 0.3 is 5.69 Å². The van der Waals surface area contributed by atoms with Crippen molar-refractivity contribution in [1.29, 1.82) is 0 Å². The van der Waals surface area contributed by atoms with Gasteiger partial charge in [-0.3, -0.25) is 23.9 Å². The van der Waals surface area contributed by atoms with Crippen molar-refractivity contribution in [2.24, 2.45) is 5.92 Å². The van der Waals surface area contributed by atoms with E-state index in [4.69, 9.17) is 4.74 Å². The quantitative estimate of drug-likeness (QED) is 0.713. The first-order chi connectivity index (χ1) is 12.4. The van der Waals surface area contributed by atoms with Gasteiger partial charge in [-0.25, -0.2) is 4.79 Å². The molecular formula is C17H24N4O5. The fraction of sp³-hybridized carbons (Fsp3) is 0.647. The van der Waals surface area contributed by atoms with Gasteiger partial charge in [-0.15, -0.1) is 0 Å². The van der Waals surface area contributed by atoms with Gasteiger partial charge in [0, 0.05) is 31.3 Å². The van der Waals surface area contributed by atoms with Gasteiger partial charge in [-0.1, -0.05) is 0 Å². The number of nitrogens with zero attached hydrogens (tertiary/aromatic N) is 2. The largest absolute Gasteiger partial charge is 0.374 e. The molecule has 0 spiro atoms. The number of carbonyl (C=O) groups is 2. The highest BCUT2D eigenvalue weighted by Gasteiger charge is 2.41. The van der Waals surface area contributed by atoms with Crippen molar-refractivity contribution in [3.63, 3.8) is 0 Å². The number of nitrogens with one attached hydrogen (secondary N) is 2. The van der Waals surface area contributed by atoms with E-state index < -0.39 is 11.2 Å². The number of rotatable bonds is 3. The fourth-order valence-corrected chi connectivity index (χ4v) is 3.83. The molecule has 0 unspecified atom stereocenters. The van der Waals surface area contributed by atoms with Gasteiger partial charge in [0.1, 0.15) is 6.54 Å². The number of fused-ring (bicyclic) bond motifs is 1. The number of aromatic nitrogens is 2. The second-order valence-electron chi connectivity index (χ2n) is 6.89. The Labute approximate surface area is 150 Å². The third-order valence-electron chi connectivity index (χ3n) is 5.25. The molecule has 1 saturated carbocycles. The molecule has 9 heteroatoms. The maximum atomic E-state index is 12.8. The molecule has 0 aromatic carbocycles. The topological polar surface area (TPSA) is 114 Å². The Morgan fingerprint density at radius 2 is 2.12 bits per heavy atom. The minimum atomic E-state index is -0.606. The molecule has 0 bridgehead atoms. The van der Waals surface area contributed by atoms with Crippen molar-refractivity contribution in [2.45, 2.75) is 44.9 Å². The van der Waals surface area contributed by atoms with Gasteiger partial charge in [0.2, 0.25) is 11.8 Å². The standard InChI is InChI=1S/C17H24N4O5/c1-10-8-20(17(25)19-15(10)23)9-14(22)21-5-6-26-13-4-3-11(7-12(13)21)16(24)18-2/h8,11-13H,3-7,9H2,1-2H3,(H,18,24)(H,19,23,25)/t11-,12+,13+/m0/s1. The summed E-state index contributed by atoms with van der Waals surface area (Å²) in [6, 6.07) is -0.174. The molecule has 3 rings (SSSR count). The third kappa shape index (κ3) is 3.57. The summed E-state index contributed by atoms with van der Waals surface area (Å²) in [6.07, 6.45) is 3.33. The molecule has 2 heterocycles. The first-order valence-corrected chi connectivity index (χ1v) is 8.83. The predicted molar refractivity (Wildman–Crippen MR) is 92.7 cm³/mol. The number of hydrogen-bond acceptors (Lipinski definition) is 5. The van der Waals surface area contributed by atoms with Crippen LogP contribution in [0.1, 0.15) is 24.8 Å². The number of H-pyrrole nitrogens is 1. The number of ether oxygens (including phenoxy) is 1. The highest BCUT2D eigenvalue weighted by molar-refractivity contribution is 5.79. The summed E-state index contributed by atoms with van der Waals surface area (Å²) in [4.78, 5) is 52.2. The van der Waals surface area contributed by atoms with Crippen molar-refractivity contribution in [1.82, 2.24) is 19.8 Å². The van der Waals surface area contributed by atoms with Gasteiger partial charge in [-0.2, -0.15) is 0 Å². The molecule has 26 heavy (non-hydrogen) atoms. The average Bonchev–Trinajstić information content (AvgIpc) is 2.64. The van der Waals surface area contributed by atoms with Crippen LogP contribution in [0.2, 0.25) is 0 Å². The Morgan fingerprint density at radius 1 is 1.35 bits per heavy atom. The van der Waals surface area contributed by atoms with Crippen LogP contribution in [0.5, 0.6) is 0 Å². The van der Waals surface area contributed by atoms with Crippen LogP contribution < -0.4 is 16.6 Å². The van der Waals surface area contributed by atoms with Crippen molar-refractivity contribution in [2.75, 3.05) is 20.2 Å². The maximum absolute atomic E-state index is 12.8. The van der Waals surface area contributed by atoms with E-state index in [-0.39, 0.29) is 36.4 Å². The molecule has 3 atom stereocenters. The Morgan fingerprint density at radius 3 is 2.85 bits per heavy atom. The summed E-state index contributed by atoms with van der Waals surface area (Å²) in [6.45, 7) is 2.30. The lowest BCUT2D eigenvalue weighted by Crippen LogP contribution is -2.58. The Bertz CT molecular complexity index is 814. The first kappa shape index (κ1) is 18.4. The smallest absolute Gasteiger partial charge is 0.328 e. The van der Waals surface area contributed by atoms with Crippen LogP contribution in [0.3, 0.4) is 0 Å². The molecule has 2 N–H and O–H groups in total. The number of amides is 2. The zero-order valence-electron chi connectivity index (χ0n) is 15.0. The lowest BCUT2D eigenvalue weighted by Gasteiger charge is -2.45. The summed E-state index contributed by atoms with van der Waals surface area (Å²) in [7, 11) is 1.61. The average molecular weight is 364 g/mol. The third-order valence-corrected chi connectivity index (χ3v) is 5.25. The zero-order chi connectivity index (χ0) is 18.8. The van der Waals surface area contributed by atoms with Crippen LogP contribution in [-0.2, 0) is 20.9 Å². The van der Waals surface area contributed by atoms with Gasteiger partial charge in [0.05, 0.1) is 18.8 Å². The van der Waals surface area contributed by atoms with Crippen molar-refractivity contribution in [3.8, 4) is 0 Å². The molecule has 1 aliphatic carbocycles. The van der Waals surface area contributed by atoms with E-state index in [0.717, 1.165) is 12.8 Å². The van der Waals surface area contributed by atoms with Crippen LogP contribution in [0, 0.1) is 12.8 Å². The SMILES string of the molecule is CNC(=O)[C@H]1CC[C@H]2OCCN(C(=O)Cn3cc(C)c(=O)[nH]c3=O)[C@@H]2C1. The maximum Gasteiger partial charge on any atom is 0.328 e.